The molecule has 6 nitrogen and oxygen atoms in total. The van der Waals surface area contributed by atoms with Gasteiger partial charge in [-0.2, -0.15) is 0 Å². The summed E-state index contributed by atoms with van der Waals surface area (Å²) in [5, 5.41) is 7.81. The second-order valence-electron chi connectivity index (χ2n) is 3.76. The Morgan fingerprint density at radius 1 is 1.26 bits per heavy atom. The molecule has 1 heterocycles. The quantitative estimate of drug-likeness (QED) is 0.805. The van der Waals surface area contributed by atoms with E-state index in [1.165, 1.54) is 7.11 Å². The molecule has 7 heteroatoms. The van der Waals surface area contributed by atoms with Crippen molar-refractivity contribution in [2.45, 2.75) is 0 Å². The van der Waals surface area contributed by atoms with E-state index in [4.69, 9.17) is 9.47 Å². The Hall–Kier alpha value is -1.89. The van der Waals surface area contributed by atoms with E-state index >= 15 is 0 Å². The lowest BCUT2D eigenvalue weighted by Gasteiger charge is -2.12. The largest absolute Gasteiger partial charge is 0.493 e. The molecule has 19 heavy (non-hydrogen) atoms. The van der Waals surface area contributed by atoms with Gasteiger partial charge < -0.3 is 9.47 Å². The summed E-state index contributed by atoms with van der Waals surface area (Å²) < 4.78 is 12.6. The topological polar surface area (TPSA) is 66.2 Å². The minimum atomic E-state index is 0.476. The van der Waals surface area contributed by atoms with Gasteiger partial charge in [0.2, 0.25) is 0 Å². The van der Waals surface area contributed by atoms with Crippen LogP contribution in [0.1, 0.15) is 10.4 Å². The monoisotopic (exact) mass is 325 g/mol. The van der Waals surface area contributed by atoms with Crippen molar-refractivity contribution in [3.63, 3.8) is 0 Å². The fourth-order valence-corrected chi connectivity index (χ4v) is 2.36. The third-order valence-corrected chi connectivity index (χ3v) is 3.26. The number of rotatable bonds is 4. The minimum Gasteiger partial charge on any atom is -0.493 e. The van der Waals surface area contributed by atoms with Crippen LogP contribution in [0.2, 0.25) is 0 Å². The molecule has 0 N–H and O–H groups in total. The molecular weight excluding hydrogens is 314 g/mol. The predicted molar refractivity (Wildman–Crippen MR) is 72.6 cm³/mol. The van der Waals surface area contributed by atoms with Crippen LogP contribution in [0.25, 0.3) is 11.3 Å². The standard InChI is InChI=1S/C12H12BrN3O3/c1-16-11(12(13)14-15-16)8-5-10(19-3)9(18-2)4-7(8)6-17/h4-6H,1-3H3. The van der Waals surface area contributed by atoms with Crippen molar-refractivity contribution in [1.29, 1.82) is 0 Å². The second kappa shape index (κ2) is 5.40. The third kappa shape index (κ3) is 2.33. The lowest BCUT2D eigenvalue weighted by Crippen LogP contribution is -1.99. The number of nitrogens with zero attached hydrogens (tertiary/aromatic N) is 3. The maximum absolute atomic E-state index is 11.3. The zero-order chi connectivity index (χ0) is 14.0. The number of hydrogen-bond acceptors (Lipinski definition) is 5. The number of carbonyl (C=O) groups is 1. The molecular formula is C12H12BrN3O3. The number of aldehydes is 1. The molecule has 0 aliphatic heterocycles. The highest BCUT2D eigenvalue weighted by Crippen LogP contribution is 2.36. The summed E-state index contributed by atoms with van der Waals surface area (Å²) in [6, 6.07) is 3.35. The maximum Gasteiger partial charge on any atom is 0.161 e. The van der Waals surface area contributed by atoms with Crippen LogP contribution in [0, 0.1) is 0 Å². The minimum absolute atomic E-state index is 0.476. The fourth-order valence-electron chi connectivity index (χ4n) is 1.81. The van der Waals surface area contributed by atoms with Crippen molar-refractivity contribution in [3.8, 4) is 22.8 Å². The number of methoxy groups -OCH3 is 2. The van der Waals surface area contributed by atoms with Crippen molar-refractivity contribution in [1.82, 2.24) is 15.0 Å². The van der Waals surface area contributed by atoms with E-state index in [0.717, 1.165) is 6.29 Å². The Balaban J connectivity index is 2.72. The zero-order valence-corrected chi connectivity index (χ0v) is 12.3. The molecule has 1 aromatic heterocycles. The highest BCUT2D eigenvalue weighted by Gasteiger charge is 2.18. The Kier molecular flexibility index (Phi) is 3.84. The highest BCUT2D eigenvalue weighted by atomic mass is 79.9. The van der Waals surface area contributed by atoms with E-state index in [1.54, 1.807) is 31.0 Å². The molecule has 0 atom stereocenters. The van der Waals surface area contributed by atoms with Crippen molar-refractivity contribution >= 4 is 22.2 Å². The Bertz CT molecular complexity index is 605. The normalized spacial score (nSPS) is 10.3. The first-order chi connectivity index (χ1) is 9.12. The smallest absolute Gasteiger partial charge is 0.161 e. The number of halogens is 1. The van der Waals surface area contributed by atoms with E-state index < -0.39 is 0 Å². The van der Waals surface area contributed by atoms with Gasteiger partial charge >= 0.3 is 0 Å². The van der Waals surface area contributed by atoms with Gasteiger partial charge in [0.05, 0.1) is 14.2 Å². The van der Waals surface area contributed by atoms with Crippen molar-refractivity contribution in [2.24, 2.45) is 7.05 Å². The molecule has 2 rings (SSSR count). The molecule has 100 valence electrons. The van der Waals surface area contributed by atoms with Crippen LogP contribution in [-0.4, -0.2) is 35.5 Å². The van der Waals surface area contributed by atoms with Gasteiger partial charge in [-0.25, -0.2) is 4.68 Å². The second-order valence-corrected chi connectivity index (χ2v) is 4.52. The van der Waals surface area contributed by atoms with Crippen LogP contribution in [-0.2, 0) is 7.05 Å². The van der Waals surface area contributed by atoms with E-state index in [2.05, 4.69) is 26.2 Å². The van der Waals surface area contributed by atoms with Gasteiger partial charge in [0.15, 0.2) is 22.4 Å². The lowest BCUT2D eigenvalue weighted by atomic mass is 10.0. The van der Waals surface area contributed by atoms with Crippen molar-refractivity contribution < 1.29 is 14.3 Å². The zero-order valence-electron chi connectivity index (χ0n) is 10.7. The number of aromatic nitrogens is 3. The summed E-state index contributed by atoms with van der Waals surface area (Å²) in [5.74, 6) is 1.04. The first-order valence-corrected chi connectivity index (χ1v) is 6.18. The maximum atomic E-state index is 11.3. The summed E-state index contributed by atoms with van der Waals surface area (Å²) in [4.78, 5) is 11.3. The van der Waals surface area contributed by atoms with Gasteiger partial charge in [-0.3, -0.25) is 4.79 Å². The molecule has 0 aliphatic rings. The average molecular weight is 326 g/mol. The van der Waals surface area contributed by atoms with Crippen LogP contribution in [0.4, 0.5) is 0 Å². The molecule has 0 saturated heterocycles. The van der Waals surface area contributed by atoms with E-state index in [1.807, 2.05) is 0 Å². The number of carbonyl (C=O) groups excluding carboxylic acids is 1. The summed E-state index contributed by atoms with van der Waals surface area (Å²) in [6.45, 7) is 0. The van der Waals surface area contributed by atoms with Gasteiger partial charge in [0.1, 0.15) is 5.69 Å². The number of ether oxygens (including phenoxy) is 2. The van der Waals surface area contributed by atoms with Gasteiger partial charge in [-0.15, -0.1) is 5.10 Å². The van der Waals surface area contributed by atoms with Crippen LogP contribution < -0.4 is 9.47 Å². The first-order valence-electron chi connectivity index (χ1n) is 5.39. The fraction of sp³-hybridized carbons (Fsp3) is 0.250. The van der Waals surface area contributed by atoms with Crippen LogP contribution in [0.3, 0.4) is 0 Å². The van der Waals surface area contributed by atoms with Gasteiger partial charge in [0.25, 0.3) is 0 Å². The molecule has 0 radical (unpaired) electrons. The van der Waals surface area contributed by atoms with Gasteiger partial charge in [-0.05, 0) is 28.1 Å². The molecule has 0 unspecified atom stereocenters. The Morgan fingerprint density at radius 3 is 2.37 bits per heavy atom. The van der Waals surface area contributed by atoms with Crippen LogP contribution >= 0.6 is 15.9 Å². The van der Waals surface area contributed by atoms with E-state index in [9.17, 15) is 4.79 Å². The number of hydrogen-bond donors (Lipinski definition) is 0. The predicted octanol–water partition coefficient (Wildman–Crippen LogP) is 2.07. The van der Waals surface area contributed by atoms with Crippen LogP contribution in [0.15, 0.2) is 16.7 Å². The molecule has 0 bridgehead atoms. The number of aryl methyl sites for hydroxylation is 1. The summed E-state index contributed by atoms with van der Waals surface area (Å²) in [7, 11) is 4.81. The molecule has 0 aliphatic carbocycles. The Morgan fingerprint density at radius 2 is 1.89 bits per heavy atom. The molecule has 2 aromatic rings. The molecule has 1 aromatic carbocycles. The van der Waals surface area contributed by atoms with Gasteiger partial charge in [-0.1, -0.05) is 5.21 Å². The molecule has 0 saturated carbocycles. The van der Waals surface area contributed by atoms with Gasteiger partial charge in [0, 0.05) is 18.2 Å². The first kappa shape index (κ1) is 13.5. The summed E-state index contributed by atoms with van der Waals surface area (Å²) >= 11 is 3.32. The lowest BCUT2D eigenvalue weighted by molar-refractivity contribution is 0.112. The molecule has 0 spiro atoms. The molecule has 0 amide bonds. The van der Waals surface area contributed by atoms with Crippen LogP contribution in [0.5, 0.6) is 11.5 Å². The van der Waals surface area contributed by atoms with Crippen molar-refractivity contribution in [3.05, 3.63) is 22.3 Å². The highest BCUT2D eigenvalue weighted by molar-refractivity contribution is 9.10. The summed E-state index contributed by atoms with van der Waals surface area (Å²) in [6.07, 6.45) is 0.761. The van der Waals surface area contributed by atoms with E-state index in [0.29, 0.717) is 32.9 Å². The van der Waals surface area contributed by atoms with Crippen molar-refractivity contribution in [2.75, 3.05) is 14.2 Å². The molecule has 0 fully saturated rings. The third-order valence-electron chi connectivity index (χ3n) is 2.72. The Labute approximate surface area is 118 Å². The number of benzene rings is 1. The SMILES string of the molecule is COc1cc(C=O)c(-c2c(Br)nnn2C)cc1OC. The average Bonchev–Trinajstić information content (AvgIpc) is 2.76. The summed E-state index contributed by atoms with van der Waals surface area (Å²) in [5.41, 5.74) is 1.85. The van der Waals surface area contributed by atoms with E-state index in [-0.39, 0.29) is 0 Å².